The molecule has 4 rings (SSSR count). The molecule has 1 amide bonds. The molecule has 0 spiro atoms. The lowest BCUT2D eigenvalue weighted by Crippen LogP contribution is -2.25. The van der Waals surface area contributed by atoms with Gasteiger partial charge >= 0.3 is 0 Å². The van der Waals surface area contributed by atoms with Gasteiger partial charge in [0.25, 0.3) is 5.91 Å². The Hall–Kier alpha value is -3.75. The highest BCUT2D eigenvalue weighted by molar-refractivity contribution is 7.89. The van der Waals surface area contributed by atoms with Crippen LogP contribution in [0.25, 0.3) is 11.3 Å². The normalized spacial score (nSPS) is 11.3. The largest absolute Gasteiger partial charge is 0.348 e. The fourth-order valence-corrected chi connectivity index (χ4v) is 4.72. The zero-order chi connectivity index (χ0) is 24.0. The second kappa shape index (κ2) is 10.5. The van der Waals surface area contributed by atoms with Gasteiger partial charge in [-0.2, -0.15) is 5.10 Å². The van der Waals surface area contributed by atoms with Gasteiger partial charge in [-0.3, -0.25) is 9.48 Å². The van der Waals surface area contributed by atoms with Crippen molar-refractivity contribution in [2.24, 2.45) is 0 Å². The molecule has 1 aromatic heterocycles. The molecule has 0 aliphatic heterocycles. The summed E-state index contributed by atoms with van der Waals surface area (Å²) in [6.07, 6.45) is 1.93. The van der Waals surface area contributed by atoms with Gasteiger partial charge in [0.15, 0.2) is 0 Å². The average Bonchev–Trinajstić information content (AvgIpc) is 3.26. The molecule has 0 saturated heterocycles. The highest BCUT2D eigenvalue weighted by atomic mass is 32.2. The topological polar surface area (TPSA) is 93.1 Å². The number of hydrogen-bond acceptors (Lipinski definition) is 4. The van der Waals surface area contributed by atoms with E-state index in [-0.39, 0.29) is 29.5 Å². The van der Waals surface area contributed by atoms with Gasteiger partial charge in [-0.05, 0) is 23.8 Å². The van der Waals surface area contributed by atoms with Crippen LogP contribution in [0.1, 0.15) is 28.4 Å². The van der Waals surface area contributed by atoms with Crippen molar-refractivity contribution in [3.8, 4) is 11.3 Å². The van der Waals surface area contributed by atoms with Crippen LogP contribution in [0.4, 0.5) is 0 Å². The average molecular weight is 475 g/mol. The summed E-state index contributed by atoms with van der Waals surface area (Å²) in [7, 11) is -3.65. The molecule has 2 N–H and O–H groups in total. The summed E-state index contributed by atoms with van der Waals surface area (Å²) in [6.45, 7) is 2.84. The molecule has 0 unspecified atom stereocenters. The minimum atomic E-state index is -3.65. The van der Waals surface area contributed by atoms with E-state index in [9.17, 15) is 13.2 Å². The molecule has 0 atom stereocenters. The fourth-order valence-electron chi connectivity index (χ4n) is 3.64. The number of carbonyl (C=O) groups excluding carboxylic acids is 1. The second-order valence-electron chi connectivity index (χ2n) is 7.76. The first-order chi connectivity index (χ1) is 16.5. The molecule has 1 heterocycles. The van der Waals surface area contributed by atoms with Crippen molar-refractivity contribution in [2.75, 3.05) is 6.54 Å². The maximum Gasteiger partial charge on any atom is 0.251 e. The number of rotatable bonds is 9. The summed E-state index contributed by atoms with van der Waals surface area (Å²) in [5.74, 6) is -0.358. The number of carbonyl (C=O) groups is 1. The minimum absolute atomic E-state index is 0.0580. The van der Waals surface area contributed by atoms with Crippen molar-refractivity contribution in [3.63, 3.8) is 0 Å². The van der Waals surface area contributed by atoms with Crippen LogP contribution in [-0.2, 0) is 23.1 Å². The van der Waals surface area contributed by atoms with Crippen LogP contribution in [0.2, 0.25) is 0 Å². The van der Waals surface area contributed by atoms with E-state index >= 15 is 0 Å². The van der Waals surface area contributed by atoms with Crippen LogP contribution in [0.3, 0.4) is 0 Å². The monoisotopic (exact) mass is 474 g/mol. The molecular weight excluding hydrogens is 448 g/mol. The molecule has 0 saturated carbocycles. The Morgan fingerprint density at radius 2 is 1.65 bits per heavy atom. The third-order valence-electron chi connectivity index (χ3n) is 5.25. The van der Waals surface area contributed by atoms with Crippen molar-refractivity contribution in [1.29, 1.82) is 0 Å². The summed E-state index contributed by atoms with van der Waals surface area (Å²) in [5.41, 5.74) is 4.01. The Balaban J connectivity index is 1.56. The van der Waals surface area contributed by atoms with Gasteiger partial charge in [-0.15, -0.1) is 0 Å². The Bertz CT molecular complexity index is 1370. The second-order valence-corrected chi connectivity index (χ2v) is 9.53. The summed E-state index contributed by atoms with van der Waals surface area (Å²) < 4.78 is 28.9. The minimum Gasteiger partial charge on any atom is -0.348 e. The van der Waals surface area contributed by atoms with Gasteiger partial charge in [0, 0.05) is 36.0 Å². The van der Waals surface area contributed by atoms with E-state index in [0.29, 0.717) is 6.54 Å². The number of amides is 1. The zero-order valence-electron chi connectivity index (χ0n) is 18.8. The van der Waals surface area contributed by atoms with Crippen LogP contribution >= 0.6 is 0 Å². The lowest BCUT2D eigenvalue weighted by atomic mass is 10.1. The number of sulfonamides is 1. The highest BCUT2D eigenvalue weighted by Gasteiger charge is 2.17. The number of aromatic nitrogens is 2. The van der Waals surface area contributed by atoms with Crippen molar-refractivity contribution in [3.05, 3.63) is 108 Å². The lowest BCUT2D eigenvalue weighted by molar-refractivity contribution is 0.0950. The van der Waals surface area contributed by atoms with Gasteiger partial charge in [-0.25, -0.2) is 13.1 Å². The summed E-state index contributed by atoms with van der Waals surface area (Å²) in [5, 5.41) is 7.68. The van der Waals surface area contributed by atoms with Crippen molar-refractivity contribution >= 4 is 15.9 Å². The van der Waals surface area contributed by atoms with E-state index in [4.69, 9.17) is 5.10 Å². The van der Waals surface area contributed by atoms with Crippen LogP contribution in [0.15, 0.2) is 96.0 Å². The van der Waals surface area contributed by atoms with Crippen LogP contribution in [0, 0.1) is 0 Å². The van der Waals surface area contributed by atoms with Gasteiger partial charge in [0.2, 0.25) is 10.0 Å². The zero-order valence-corrected chi connectivity index (χ0v) is 19.6. The van der Waals surface area contributed by atoms with Gasteiger partial charge in [0.1, 0.15) is 0 Å². The molecule has 3 aromatic carbocycles. The number of hydrogen-bond donors (Lipinski definition) is 2. The third-order valence-corrected chi connectivity index (χ3v) is 6.80. The van der Waals surface area contributed by atoms with Crippen molar-refractivity contribution < 1.29 is 13.2 Å². The van der Waals surface area contributed by atoms with E-state index in [2.05, 4.69) is 10.0 Å². The summed E-state index contributed by atoms with van der Waals surface area (Å²) >= 11 is 0. The Labute approximate surface area is 199 Å². The van der Waals surface area contributed by atoms with Crippen molar-refractivity contribution in [1.82, 2.24) is 19.8 Å². The van der Waals surface area contributed by atoms with E-state index in [0.717, 1.165) is 22.4 Å². The van der Waals surface area contributed by atoms with Crippen LogP contribution in [-0.4, -0.2) is 30.7 Å². The van der Waals surface area contributed by atoms with E-state index in [1.807, 2.05) is 71.5 Å². The van der Waals surface area contributed by atoms with Crippen molar-refractivity contribution in [2.45, 2.75) is 24.9 Å². The molecule has 8 heteroatoms. The molecular formula is C26H26N4O3S. The molecule has 0 radical (unpaired) electrons. The first kappa shape index (κ1) is 23.4. The molecule has 0 aliphatic rings. The molecule has 0 fully saturated rings. The number of nitrogens with zero attached hydrogens (tertiary/aromatic N) is 2. The summed E-state index contributed by atoms with van der Waals surface area (Å²) in [6, 6.07) is 25.8. The Morgan fingerprint density at radius 1 is 0.941 bits per heavy atom. The smallest absolute Gasteiger partial charge is 0.251 e. The van der Waals surface area contributed by atoms with Gasteiger partial charge in [0.05, 0.1) is 17.1 Å². The molecule has 174 valence electrons. The fraction of sp³-hybridized carbons (Fsp3) is 0.154. The first-order valence-corrected chi connectivity index (χ1v) is 12.5. The maximum atomic E-state index is 12.8. The van der Waals surface area contributed by atoms with Crippen LogP contribution < -0.4 is 10.0 Å². The van der Waals surface area contributed by atoms with Gasteiger partial charge < -0.3 is 5.32 Å². The molecule has 4 aromatic rings. The number of benzene rings is 3. The SMILES string of the molecule is CCNS(=O)(=O)c1cccc(C(=O)NCc2cn(Cc3ccccc3)nc2-c2ccccc2)c1. The maximum absolute atomic E-state index is 12.8. The number of nitrogens with one attached hydrogen (secondary N) is 2. The molecule has 34 heavy (non-hydrogen) atoms. The molecule has 7 nitrogen and oxygen atoms in total. The molecule has 0 bridgehead atoms. The van der Waals surface area contributed by atoms with E-state index in [1.165, 1.54) is 12.1 Å². The first-order valence-electron chi connectivity index (χ1n) is 11.0. The Kier molecular flexibility index (Phi) is 7.20. The lowest BCUT2D eigenvalue weighted by Gasteiger charge is -2.08. The van der Waals surface area contributed by atoms with E-state index in [1.54, 1.807) is 19.1 Å². The molecule has 0 aliphatic carbocycles. The van der Waals surface area contributed by atoms with Gasteiger partial charge in [-0.1, -0.05) is 73.7 Å². The predicted molar refractivity (Wildman–Crippen MR) is 132 cm³/mol. The standard InChI is InChI=1S/C26H26N4O3S/c1-2-28-34(32,33)24-15-9-14-22(16-24)26(31)27-17-23-19-30(18-20-10-5-3-6-11-20)29-25(23)21-12-7-4-8-13-21/h3-16,19,28H,2,17-18H2,1H3,(H,27,31). The quantitative estimate of drug-likeness (QED) is 0.386. The predicted octanol–water partition coefficient (Wildman–Crippen LogP) is 3.83. The van der Waals surface area contributed by atoms with Crippen LogP contribution in [0.5, 0.6) is 0 Å². The Morgan fingerprint density at radius 3 is 2.35 bits per heavy atom. The third kappa shape index (κ3) is 5.59. The summed E-state index contributed by atoms with van der Waals surface area (Å²) in [4.78, 5) is 12.9. The van der Waals surface area contributed by atoms with E-state index < -0.39 is 10.0 Å². The highest BCUT2D eigenvalue weighted by Crippen LogP contribution is 2.22.